The first-order valence-electron chi connectivity index (χ1n) is 7.08. The molecule has 1 aromatic heterocycles. The van der Waals surface area contributed by atoms with E-state index in [0.29, 0.717) is 6.04 Å². The Kier molecular flexibility index (Phi) is 5.21. The van der Waals surface area contributed by atoms with Gasteiger partial charge in [0.2, 0.25) is 0 Å². The lowest BCUT2D eigenvalue weighted by atomic mass is 9.96. The number of rotatable bonds is 6. The van der Waals surface area contributed by atoms with Gasteiger partial charge in [0.1, 0.15) is 0 Å². The smallest absolute Gasteiger partial charge is 0.0492 e. The normalized spacial score (nSPS) is 12.6. The number of halogens is 1. The Hall–Kier alpha value is -1.32. The summed E-state index contributed by atoms with van der Waals surface area (Å²) in [6, 6.07) is 8.54. The molecule has 3 nitrogen and oxygen atoms in total. The molecule has 0 bridgehead atoms. The number of hydrogen-bond donors (Lipinski definition) is 1. The van der Waals surface area contributed by atoms with Crippen LogP contribution in [0, 0.1) is 6.92 Å². The van der Waals surface area contributed by atoms with Gasteiger partial charge in [0, 0.05) is 30.0 Å². The van der Waals surface area contributed by atoms with Gasteiger partial charge < -0.3 is 5.32 Å². The molecule has 1 unspecified atom stereocenters. The minimum atomic E-state index is 0.327. The van der Waals surface area contributed by atoms with E-state index in [2.05, 4.69) is 36.4 Å². The van der Waals surface area contributed by atoms with Crippen molar-refractivity contribution in [1.82, 2.24) is 15.1 Å². The maximum atomic E-state index is 6.24. The van der Waals surface area contributed by atoms with E-state index in [1.54, 1.807) is 0 Å². The van der Waals surface area contributed by atoms with Crippen molar-refractivity contribution in [1.29, 1.82) is 0 Å². The monoisotopic (exact) mass is 291 g/mol. The average Bonchev–Trinajstić information content (AvgIpc) is 2.84. The molecule has 0 radical (unpaired) electrons. The summed E-state index contributed by atoms with van der Waals surface area (Å²) in [5, 5.41) is 8.62. The van der Waals surface area contributed by atoms with Crippen LogP contribution in [0.25, 0.3) is 0 Å². The van der Waals surface area contributed by atoms with Crippen LogP contribution in [0.1, 0.15) is 36.2 Å². The second kappa shape index (κ2) is 6.91. The second-order valence-electron chi connectivity index (χ2n) is 5.05. The van der Waals surface area contributed by atoms with E-state index in [1.165, 1.54) is 16.8 Å². The highest BCUT2D eigenvalue weighted by Crippen LogP contribution is 2.27. The van der Waals surface area contributed by atoms with Crippen molar-refractivity contribution in [2.75, 3.05) is 6.54 Å². The van der Waals surface area contributed by atoms with Gasteiger partial charge in [-0.15, -0.1) is 0 Å². The molecule has 1 heterocycles. The molecule has 0 amide bonds. The molecule has 1 N–H and O–H groups in total. The molecule has 20 heavy (non-hydrogen) atoms. The molecule has 0 spiro atoms. The van der Waals surface area contributed by atoms with Crippen LogP contribution in [-0.2, 0) is 13.5 Å². The minimum Gasteiger partial charge on any atom is -0.310 e. The molecule has 2 aromatic rings. The lowest BCUT2D eigenvalue weighted by Gasteiger charge is -2.21. The fraction of sp³-hybridized carbons (Fsp3) is 0.438. The highest BCUT2D eigenvalue weighted by molar-refractivity contribution is 6.31. The summed E-state index contributed by atoms with van der Waals surface area (Å²) in [6.45, 7) is 5.17. The van der Waals surface area contributed by atoms with Gasteiger partial charge in [-0.2, -0.15) is 5.10 Å². The van der Waals surface area contributed by atoms with E-state index in [0.717, 1.165) is 24.4 Å². The van der Waals surface area contributed by atoms with E-state index >= 15 is 0 Å². The molecular weight excluding hydrogens is 270 g/mol. The fourth-order valence-electron chi connectivity index (χ4n) is 2.55. The van der Waals surface area contributed by atoms with E-state index in [-0.39, 0.29) is 0 Å². The van der Waals surface area contributed by atoms with E-state index in [1.807, 2.05) is 30.1 Å². The van der Waals surface area contributed by atoms with Crippen molar-refractivity contribution in [3.8, 4) is 0 Å². The summed E-state index contributed by atoms with van der Waals surface area (Å²) in [6.07, 6.45) is 3.89. The summed E-state index contributed by atoms with van der Waals surface area (Å²) < 4.78 is 1.94. The summed E-state index contributed by atoms with van der Waals surface area (Å²) in [4.78, 5) is 0. The van der Waals surface area contributed by atoms with Crippen molar-refractivity contribution >= 4 is 11.6 Å². The molecule has 4 heteroatoms. The van der Waals surface area contributed by atoms with Crippen LogP contribution in [0.4, 0.5) is 0 Å². The lowest BCUT2D eigenvalue weighted by Crippen LogP contribution is -2.22. The van der Waals surface area contributed by atoms with Gasteiger partial charge in [-0.1, -0.05) is 30.7 Å². The zero-order chi connectivity index (χ0) is 14.5. The molecule has 0 saturated carbocycles. The maximum absolute atomic E-state index is 6.24. The Morgan fingerprint density at radius 1 is 1.35 bits per heavy atom. The van der Waals surface area contributed by atoms with E-state index in [9.17, 15) is 0 Å². The predicted octanol–water partition coefficient (Wildman–Crippen LogP) is 3.67. The Bertz CT molecular complexity index is 563. The quantitative estimate of drug-likeness (QED) is 0.880. The van der Waals surface area contributed by atoms with Gasteiger partial charge in [-0.25, -0.2) is 0 Å². The highest BCUT2D eigenvalue weighted by Gasteiger charge is 2.14. The Balaban J connectivity index is 2.14. The molecule has 0 aliphatic rings. The molecule has 0 saturated heterocycles. The van der Waals surface area contributed by atoms with Crippen LogP contribution in [0.15, 0.2) is 30.5 Å². The standard InChI is InChI=1S/C16H22ClN3/c1-4-18-16(9-8-13-10-11-19-20(13)3)14-6-5-7-15(17)12(14)2/h5-7,10-11,16,18H,4,8-9H2,1-3H3. The van der Waals surface area contributed by atoms with Crippen molar-refractivity contribution < 1.29 is 0 Å². The molecule has 0 aliphatic carbocycles. The predicted molar refractivity (Wildman–Crippen MR) is 84.1 cm³/mol. The second-order valence-corrected chi connectivity index (χ2v) is 5.46. The van der Waals surface area contributed by atoms with Gasteiger partial charge >= 0.3 is 0 Å². The van der Waals surface area contributed by atoms with Crippen LogP contribution in [0.2, 0.25) is 5.02 Å². The zero-order valence-corrected chi connectivity index (χ0v) is 13.1. The maximum Gasteiger partial charge on any atom is 0.0492 e. The van der Waals surface area contributed by atoms with Crippen molar-refractivity contribution in [3.05, 3.63) is 52.3 Å². The molecule has 108 valence electrons. The number of nitrogens with zero attached hydrogens (tertiary/aromatic N) is 2. The third-order valence-corrected chi connectivity index (χ3v) is 4.16. The first kappa shape index (κ1) is 15.1. The van der Waals surface area contributed by atoms with Gasteiger partial charge in [-0.3, -0.25) is 4.68 Å². The number of hydrogen-bond acceptors (Lipinski definition) is 2. The Morgan fingerprint density at radius 2 is 2.15 bits per heavy atom. The summed E-state index contributed by atoms with van der Waals surface area (Å²) in [7, 11) is 1.99. The Morgan fingerprint density at radius 3 is 2.80 bits per heavy atom. The summed E-state index contributed by atoms with van der Waals surface area (Å²) in [5.74, 6) is 0. The van der Waals surface area contributed by atoms with Gasteiger partial charge in [0.25, 0.3) is 0 Å². The highest BCUT2D eigenvalue weighted by atomic mass is 35.5. The van der Waals surface area contributed by atoms with Gasteiger partial charge in [0.15, 0.2) is 0 Å². The average molecular weight is 292 g/mol. The van der Waals surface area contributed by atoms with Crippen LogP contribution in [0.5, 0.6) is 0 Å². The number of aryl methyl sites for hydroxylation is 2. The van der Waals surface area contributed by atoms with Crippen LogP contribution in [0.3, 0.4) is 0 Å². The molecule has 2 rings (SSSR count). The van der Waals surface area contributed by atoms with Crippen molar-refractivity contribution in [2.24, 2.45) is 7.05 Å². The van der Waals surface area contributed by atoms with Crippen LogP contribution in [-0.4, -0.2) is 16.3 Å². The molecule has 0 aliphatic heterocycles. The first-order chi connectivity index (χ1) is 9.63. The van der Waals surface area contributed by atoms with Gasteiger partial charge in [0.05, 0.1) is 0 Å². The zero-order valence-electron chi connectivity index (χ0n) is 12.4. The summed E-state index contributed by atoms with van der Waals surface area (Å²) >= 11 is 6.24. The van der Waals surface area contributed by atoms with Gasteiger partial charge in [-0.05, 0) is 49.6 Å². The van der Waals surface area contributed by atoms with Crippen molar-refractivity contribution in [2.45, 2.75) is 32.7 Å². The first-order valence-corrected chi connectivity index (χ1v) is 7.46. The topological polar surface area (TPSA) is 29.9 Å². The molecular formula is C16H22ClN3. The molecule has 0 fully saturated rings. The fourth-order valence-corrected chi connectivity index (χ4v) is 2.74. The molecule has 1 aromatic carbocycles. The third kappa shape index (κ3) is 3.41. The van der Waals surface area contributed by atoms with Crippen molar-refractivity contribution in [3.63, 3.8) is 0 Å². The third-order valence-electron chi connectivity index (χ3n) is 3.75. The lowest BCUT2D eigenvalue weighted by molar-refractivity contribution is 0.504. The summed E-state index contributed by atoms with van der Waals surface area (Å²) in [5.41, 5.74) is 3.72. The molecule has 1 atom stereocenters. The van der Waals surface area contributed by atoms with Crippen LogP contribution < -0.4 is 5.32 Å². The number of aromatic nitrogens is 2. The SMILES string of the molecule is CCNC(CCc1ccnn1C)c1cccc(Cl)c1C. The van der Waals surface area contributed by atoms with E-state index < -0.39 is 0 Å². The number of nitrogens with one attached hydrogen (secondary N) is 1. The number of benzene rings is 1. The van der Waals surface area contributed by atoms with E-state index in [4.69, 9.17) is 11.6 Å². The minimum absolute atomic E-state index is 0.327. The van der Waals surface area contributed by atoms with Crippen LogP contribution >= 0.6 is 11.6 Å². The Labute approximate surface area is 126 Å². The largest absolute Gasteiger partial charge is 0.310 e.